The van der Waals surface area contributed by atoms with Gasteiger partial charge in [0, 0.05) is 87.0 Å². The van der Waals surface area contributed by atoms with Gasteiger partial charge in [0.2, 0.25) is 5.91 Å². The first-order valence-electron chi connectivity index (χ1n) is 23.5. The Morgan fingerprint density at radius 3 is 2.44 bits per heavy atom. The molecular weight excluding hydrogens is 873 g/mol. The van der Waals surface area contributed by atoms with Gasteiger partial charge in [-0.1, -0.05) is 57.2 Å². The minimum Gasteiger partial charge on any atom is -0.507 e. The molecule has 17 nitrogen and oxygen atoms in total. The summed E-state index contributed by atoms with van der Waals surface area (Å²) in [5, 5.41) is 55.3. The molecule has 2 amide bonds. The van der Waals surface area contributed by atoms with Crippen LogP contribution in [0.3, 0.4) is 0 Å². The van der Waals surface area contributed by atoms with Crippen molar-refractivity contribution in [3.63, 3.8) is 0 Å². The maximum atomic E-state index is 14.7. The summed E-state index contributed by atoms with van der Waals surface area (Å²) in [5.74, 6) is -5.30. The zero-order chi connectivity index (χ0) is 48.9. The van der Waals surface area contributed by atoms with Gasteiger partial charge < -0.3 is 55.5 Å². The van der Waals surface area contributed by atoms with E-state index in [1.165, 1.54) is 13.2 Å². The highest BCUT2D eigenvalue weighted by molar-refractivity contribution is 6.19. The summed E-state index contributed by atoms with van der Waals surface area (Å²) >= 11 is 0. The number of nitrogens with zero attached hydrogens (tertiary/aromatic N) is 3. The molecule has 68 heavy (non-hydrogen) atoms. The Balaban J connectivity index is 1.18. The van der Waals surface area contributed by atoms with E-state index < -0.39 is 71.4 Å². The van der Waals surface area contributed by atoms with Gasteiger partial charge in [0.25, 0.3) is 11.7 Å². The molecule has 5 atom stereocenters. The number of aliphatic hydroxyl groups is 2. The number of aliphatic hydroxyl groups excluding tert-OH is 2. The van der Waals surface area contributed by atoms with E-state index in [4.69, 9.17) is 24.2 Å². The molecule has 364 valence electrons. The molecule has 7 N–H and O–H groups in total. The number of aromatic hydroxyl groups is 2. The van der Waals surface area contributed by atoms with Crippen LogP contribution in [0.25, 0.3) is 10.8 Å². The SMILES string of the molecule is C/C1=C/C=C/C(C)[C@H](O)CC(O)C[C@H](OC(=O)CC(=O)NCCNc2ccccc2)CC/C=C/OC2(C)Oc3c(C)c(O)c4c(O)c(c5c(c4c3C2=O)=NC2(CCN(CC(C)C)CC2)N=5)NC1=O. The van der Waals surface area contributed by atoms with Crippen molar-refractivity contribution in [2.24, 2.45) is 21.8 Å². The Labute approximate surface area is 395 Å². The zero-order valence-electron chi connectivity index (χ0n) is 39.6. The smallest absolute Gasteiger partial charge is 0.315 e. The molecule has 3 unspecified atom stereocenters. The topological polar surface area (TPSA) is 241 Å². The number of carbonyl (C=O) groups is 4. The van der Waals surface area contributed by atoms with E-state index in [0.717, 1.165) is 12.2 Å². The number of piperidine rings is 1. The van der Waals surface area contributed by atoms with Crippen LogP contribution in [0.5, 0.6) is 17.2 Å². The third-order valence-electron chi connectivity index (χ3n) is 12.9. The van der Waals surface area contributed by atoms with Gasteiger partial charge in [-0.3, -0.25) is 29.2 Å². The predicted molar refractivity (Wildman–Crippen MR) is 255 cm³/mol. The number of carbonyl (C=O) groups excluding carboxylic acids is 4. The third-order valence-corrected chi connectivity index (χ3v) is 12.9. The number of ketones is 1. The predicted octanol–water partition coefficient (Wildman–Crippen LogP) is 4.99. The number of hydrogen-bond donors (Lipinski definition) is 7. The highest BCUT2D eigenvalue weighted by Crippen LogP contribution is 2.50. The van der Waals surface area contributed by atoms with E-state index in [9.17, 15) is 39.6 Å². The first kappa shape index (κ1) is 49.6. The standard InChI is InChI=1S/C51H64N6O11/c1-29(2)28-57-22-18-51(19-23-57)55-42-39-40-45(62)32(5)47-41(39)48(64)50(6,68-47)66-24-11-10-17-35(67-38(61)27-37(60)53-21-20-52-33-15-8-7-9-16-33)25-34(58)26-36(59)30(3)13-12-14-31(4)49(65)54-44(46(40)63)43(42)56-51/h7-9,11-16,24,29-30,34-36,52,58-59,62-63H,10,17-23,25-28H2,1-6H3,(H,53,60)(H,54,65)/b13-12+,24-11+,31-14-/t30?,34?,35-,36-,50?/m1/s1. The number of anilines is 2. The summed E-state index contributed by atoms with van der Waals surface area (Å²) in [4.78, 5) is 66.9. The van der Waals surface area contributed by atoms with Crippen LogP contribution in [-0.4, -0.2) is 111 Å². The quantitative estimate of drug-likeness (QED) is 0.0649. The summed E-state index contributed by atoms with van der Waals surface area (Å²) in [6.45, 7) is 13.6. The lowest BCUT2D eigenvalue weighted by atomic mass is 9.93. The Morgan fingerprint density at radius 2 is 1.72 bits per heavy atom. The van der Waals surface area contributed by atoms with Gasteiger partial charge in [-0.05, 0) is 57.2 Å². The van der Waals surface area contributed by atoms with Crippen LogP contribution < -0.4 is 31.4 Å². The molecule has 17 heteroatoms. The molecular formula is C51H64N6O11. The van der Waals surface area contributed by atoms with Crippen molar-refractivity contribution in [2.45, 2.75) is 116 Å². The second-order valence-corrected chi connectivity index (χ2v) is 18.9. The largest absolute Gasteiger partial charge is 0.507 e. The van der Waals surface area contributed by atoms with Gasteiger partial charge in [-0.15, -0.1) is 0 Å². The molecule has 0 aromatic heterocycles. The minimum absolute atomic E-state index is 0.0355. The van der Waals surface area contributed by atoms with Crippen molar-refractivity contribution in [3.8, 4) is 17.2 Å². The molecule has 3 aromatic carbocycles. The second kappa shape index (κ2) is 20.9. The number of fused-ring (bicyclic) bond motifs is 13. The van der Waals surface area contributed by atoms with E-state index in [1.54, 1.807) is 45.1 Å². The molecule has 0 radical (unpaired) electrons. The summed E-state index contributed by atoms with van der Waals surface area (Å²) in [6.07, 6.45) is 5.57. The van der Waals surface area contributed by atoms with E-state index in [0.29, 0.717) is 38.4 Å². The van der Waals surface area contributed by atoms with E-state index in [1.807, 2.05) is 30.3 Å². The van der Waals surface area contributed by atoms with E-state index in [2.05, 4.69) is 34.7 Å². The van der Waals surface area contributed by atoms with Crippen LogP contribution in [0.1, 0.15) is 95.5 Å². The zero-order valence-corrected chi connectivity index (χ0v) is 39.6. The fourth-order valence-electron chi connectivity index (χ4n) is 9.11. The van der Waals surface area contributed by atoms with Crippen LogP contribution in [0.2, 0.25) is 0 Å². The molecule has 5 aliphatic heterocycles. The Hall–Kier alpha value is -6.30. The normalized spacial score (nSPS) is 25.9. The molecule has 1 fully saturated rings. The average molecular weight is 937 g/mol. The number of esters is 1. The number of hydrogen-bond acceptors (Lipinski definition) is 15. The summed E-state index contributed by atoms with van der Waals surface area (Å²) in [5.41, 5.74) is 0.288. The molecule has 3 aromatic rings. The number of allylic oxidation sites excluding steroid dienone is 3. The van der Waals surface area contributed by atoms with Crippen molar-refractivity contribution in [1.82, 2.24) is 10.2 Å². The summed E-state index contributed by atoms with van der Waals surface area (Å²) in [6, 6.07) is 9.46. The average Bonchev–Trinajstić information content (AvgIpc) is 3.79. The molecule has 8 rings (SSSR count). The van der Waals surface area contributed by atoms with Crippen LogP contribution in [0.15, 0.2) is 76.5 Å². The Morgan fingerprint density at radius 1 is 1.00 bits per heavy atom. The van der Waals surface area contributed by atoms with E-state index >= 15 is 0 Å². The van der Waals surface area contributed by atoms with Gasteiger partial charge >= 0.3 is 11.8 Å². The van der Waals surface area contributed by atoms with Crippen LogP contribution in [0, 0.1) is 18.8 Å². The van der Waals surface area contributed by atoms with Gasteiger partial charge in [-0.2, -0.15) is 0 Å². The van der Waals surface area contributed by atoms with Gasteiger partial charge in [0.05, 0.1) is 34.8 Å². The molecule has 5 heterocycles. The maximum absolute atomic E-state index is 14.7. The number of likely N-dealkylation sites (tertiary alicyclic amines) is 1. The fourth-order valence-corrected chi connectivity index (χ4v) is 9.11. The lowest BCUT2D eigenvalue weighted by Gasteiger charge is -2.36. The summed E-state index contributed by atoms with van der Waals surface area (Å²) < 4.78 is 18.0. The number of ether oxygens (including phenoxy) is 3. The van der Waals surface area contributed by atoms with Gasteiger partial charge in [0.15, 0.2) is 11.4 Å². The second-order valence-electron chi connectivity index (χ2n) is 18.9. The van der Waals surface area contributed by atoms with Gasteiger partial charge in [0.1, 0.15) is 35.1 Å². The first-order valence-corrected chi connectivity index (χ1v) is 23.5. The molecule has 0 saturated carbocycles. The number of Topliss-reactive ketones (excluding diaryl/α,β-unsaturated/α-hetero) is 1. The highest BCUT2D eigenvalue weighted by Gasteiger charge is 2.50. The summed E-state index contributed by atoms with van der Waals surface area (Å²) in [7, 11) is 0. The van der Waals surface area contributed by atoms with Crippen molar-refractivity contribution in [1.29, 1.82) is 0 Å². The molecule has 0 aliphatic carbocycles. The lowest BCUT2D eigenvalue weighted by Crippen LogP contribution is -2.43. The highest BCUT2D eigenvalue weighted by atomic mass is 16.7. The molecule has 1 spiro atoms. The van der Waals surface area contributed by atoms with Crippen LogP contribution in [0.4, 0.5) is 11.4 Å². The third kappa shape index (κ3) is 11.0. The minimum atomic E-state index is -1.93. The molecule has 5 aliphatic rings. The van der Waals surface area contributed by atoms with Crippen molar-refractivity contribution >= 4 is 45.7 Å². The van der Waals surface area contributed by atoms with Crippen LogP contribution in [-0.2, 0) is 23.9 Å². The number of rotatable bonds is 9. The monoisotopic (exact) mass is 936 g/mol. The molecule has 5 bridgehead atoms. The Bertz CT molecular complexity index is 2640. The van der Waals surface area contributed by atoms with Crippen molar-refractivity contribution in [2.75, 3.05) is 43.4 Å². The first-order chi connectivity index (χ1) is 32.4. The van der Waals surface area contributed by atoms with Gasteiger partial charge in [-0.25, -0.2) is 0 Å². The number of phenols is 2. The number of nitrogens with one attached hydrogen (secondary N) is 3. The van der Waals surface area contributed by atoms with E-state index in [-0.39, 0.29) is 87.6 Å². The number of para-hydroxylation sites is 1. The Kier molecular flexibility index (Phi) is 15.3. The number of benzene rings is 3. The fraction of sp³-hybridized carbons (Fsp3) is 0.490. The van der Waals surface area contributed by atoms with Crippen molar-refractivity contribution < 1.29 is 53.8 Å². The number of phenolic OH excluding ortho intramolecular Hbond substituents is 2. The molecule has 1 saturated heterocycles. The van der Waals surface area contributed by atoms with Crippen LogP contribution >= 0.6 is 0 Å². The van der Waals surface area contributed by atoms with Crippen molar-refractivity contribution in [3.05, 3.63) is 88.3 Å². The number of amides is 2. The lowest BCUT2D eigenvalue weighted by molar-refractivity contribution is -0.153. The maximum Gasteiger partial charge on any atom is 0.315 e.